The second kappa shape index (κ2) is 7.51. The average molecular weight is 327 g/mol. The maximum absolute atomic E-state index is 10.0. The van der Waals surface area contributed by atoms with Crippen LogP contribution in [-0.4, -0.2) is 21.4 Å². The van der Waals surface area contributed by atoms with Gasteiger partial charge in [0.2, 0.25) is 0 Å². The molecule has 0 fully saturated rings. The molecule has 0 bridgehead atoms. The fourth-order valence-electron chi connectivity index (χ4n) is 1.77. The molecule has 1 aromatic rings. The molecule has 0 unspecified atom stereocenters. The molecule has 1 rings (SSSR count). The first-order valence-electron chi connectivity index (χ1n) is 6.15. The summed E-state index contributed by atoms with van der Waals surface area (Å²) in [6, 6.07) is 4.95. The third-order valence-electron chi connectivity index (χ3n) is 2.64. The molecule has 3 N–H and O–H groups in total. The number of phenolic OH excluding ortho intramolecular Hbond substituents is 1. The van der Waals surface area contributed by atoms with Gasteiger partial charge in [-0.2, -0.15) is 0 Å². The van der Waals surface area contributed by atoms with E-state index in [2.05, 4.69) is 21.7 Å². The Morgan fingerprint density at radius 1 is 1.42 bits per heavy atom. The minimum atomic E-state index is -0.774. The van der Waals surface area contributed by atoms with Crippen molar-refractivity contribution >= 4 is 15.9 Å². The number of halogens is 1. The molecule has 3 nitrogen and oxygen atoms in total. The fourth-order valence-corrected chi connectivity index (χ4v) is 2.14. The van der Waals surface area contributed by atoms with E-state index in [1.165, 1.54) is 0 Å². The molecule has 0 saturated heterocycles. The third-order valence-corrected chi connectivity index (χ3v) is 3.13. The van der Waals surface area contributed by atoms with Gasteiger partial charge in [0, 0.05) is 22.9 Å². The van der Waals surface area contributed by atoms with Gasteiger partial charge in [-0.15, -0.1) is 5.73 Å². The zero-order valence-electron chi connectivity index (χ0n) is 11.1. The summed E-state index contributed by atoms with van der Waals surface area (Å²) in [5.74, 6) is 0.0776. The quantitative estimate of drug-likeness (QED) is 0.726. The Morgan fingerprint density at radius 2 is 2.11 bits per heavy atom. The van der Waals surface area contributed by atoms with E-state index in [4.69, 9.17) is 0 Å². The van der Waals surface area contributed by atoms with Crippen LogP contribution in [0.25, 0.3) is 0 Å². The molecule has 0 amide bonds. The number of aliphatic hydroxyl groups excluding tert-OH is 2. The smallest absolute Gasteiger partial charge is 0.121 e. The van der Waals surface area contributed by atoms with Crippen molar-refractivity contribution in [2.45, 2.75) is 38.9 Å². The number of aromatic hydroxyl groups is 1. The van der Waals surface area contributed by atoms with Crippen molar-refractivity contribution in [2.75, 3.05) is 0 Å². The van der Waals surface area contributed by atoms with E-state index in [-0.39, 0.29) is 11.9 Å². The van der Waals surface area contributed by atoms with Crippen LogP contribution in [0, 0.1) is 0 Å². The molecule has 0 radical (unpaired) electrons. The van der Waals surface area contributed by atoms with Crippen LogP contribution >= 0.6 is 15.9 Å². The van der Waals surface area contributed by atoms with Gasteiger partial charge in [-0.1, -0.05) is 15.9 Å². The van der Waals surface area contributed by atoms with Gasteiger partial charge in [0.1, 0.15) is 5.75 Å². The summed E-state index contributed by atoms with van der Waals surface area (Å²) in [6.45, 7) is 3.60. The highest BCUT2D eigenvalue weighted by Gasteiger charge is 2.11. The standard InChI is InChI=1S/C15H19BrO3/c1-10(8-11(2)17)4-3-5-14(18)13-9-12(16)6-7-15(13)19/h3,6-7,9,11,14,17-19H,5,8H2,1-2H3/t4?,11-,14+/m0/s1. The molecule has 0 spiro atoms. The van der Waals surface area contributed by atoms with Crippen molar-refractivity contribution < 1.29 is 15.3 Å². The van der Waals surface area contributed by atoms with Crippen molar-refractivity contribution in [2.24, 2.45) is 0 Å². The third kappa shape index (κ3) is 5.62. The van der Waals surface area contributed by atoms with Crippen LogP contribution in [0.15, 0.2) is 40.1 Å². The molecule has 2 atom stereocenters. The van der Waals surface area contributed by atoms with Gasteiger partial charge in [-0.3, -0.25) is 0 Å². The van der Waals surface area contributed by atoms with Crippen molar-refractivity contribution in [3.8, 4) is 5.75 Å². The number of phenols is 1. The molecule has 0 aliphatic heterocycles. The molecular weight excluding hydrogens is 308 g/mol. The topological polar surface area (TPSA) is 60.7 Å². The highest BCUT2D eigenvalue weighted by Crippen LogP contribution is 2.29. The Kier molecular flexibility index (Phi) is 6.32. The van der Waals surface area contributed by atoms with Gasteiger partial charge in [0.15, 0.2) is 0 Å². The first-order chi connectivity index (χ1) is 8.90. The van der Waals surface area contributed by atoms with E-state index in [0.29, 0.717) is 18.4 Å². The molecule has 19 heavy (non-hydrogen) atoms. The molecule has 1 aromatic carbocycles. The monoisotopic (exact) mass is 326 g/mol. The van der Waals surface area contributed by atoms with Crippen LogP contribution < -0.4 is 0 Å². The Bertz CT molecular complexity index is 488. The summed E-state index contributed by atoms with van der Waals surface area (Å²) in [4.78, 5) is 0. The zero-order valence-corrected chi connectivity index (χ0v) is 12.7. The highest BCUT2D eigenvalue weighted by molar-refractivity contribution is 9.10. The van der Waals surface area contributed by atoms with Crippen LogP contribution in [0.4, 0.5) is 0 Å². The van der Waals surface area contributed by atoms with E-state index >= 15 is 0 Å². The van der Waals surface area contributed by atoms with Crippen LogP contribution in [0.3, 0.4) is 0 Å². The van der Waals surface area contributed by atoms with Gasteiger partial charge in [-0.05, 0) is 43.7 Å². The van der Waals surface area contributed by atoms with Gasteiger partial charge in [0.25, 0.3) is 0 Å². The van der Waals surface area contributed by atoms with E-state index < -0.39 is 6.10 Å². The van der Waals surface area contributed by atoms with Gasteiger partial charge in [0.05, 0.1) is 12.2 Å². The maximum atomic E-state index is 10.0. The molecule has 4 heteroatoms. The van der Waals surface area contributed by atoms with E-state index in [1.54, 1.807) is 31.2 Å². The SMILES string of the molecule is CC(=C=CC[C@@H](O)c1cc(Br)ccc1O)C[C@H](C)O. The molecule has 0 aliphatic rings. The van der Waals surface area contributed by atoms with Crippen molar-refractivity contribution in [1.29, 1.82) is 0 Å². The first-order valence-corrected chi connectivity index (χ1v) is 6.94. The van der Waals surface area contributed by atoms with Crippen molar-refractivity contribution in [1.82, 2.24) is 0 Å². The summed E-state index contributed by atoms with van der Waals surface area (Å²) in [6.07, 6.45) is 1.49. The predicted octanol–water partition coefficient (Wildman–Crippen LogP) is 3.45. The number of aliphatic hydroxyl groups is 2. The van der Waals surface area contributed by atoms with Crippen LogP contribution in [-0.2, 0) is 0 Å². The fraction of sp³-hybridized carbons (Fsp3) is 0.400. The van der Waals surface area contributed by atoms with E-state index in [1.807, 2.05) is 6.92 Å². The Balaban J connectivity index is 2.72. The summed E-state index contributed by atoms with van der Waals surface area (Å²) in [7, 11) is 0. The molecule has 0 aromatic heterocycles. The second-order valence-electron chi connectivity index (χ2n) is 4.64. The lowest BCUT2D eigenvalue weighted by atomic mass is 10.1. The van der Waals surface area contributed by atoms with Crippen LogP contribution in [0.2, 0.25) is 0 Å². The number of hydrogen-bond donors (Lipinski definition) is 3. The van der Waals surface area contributed by atoms with Crippen LogP contribution in [0.1, 0.15) is 38.4 Å². The molecule has 104 valence electrons. The lowest BCUT2D eigenvalue weighted by Crippen LogP contribution is -1.98. The maximum Gasteiger partial charge on any atom is 0.121 e. The Morgan fingerprint density at radius 3 is 2.74 bits per heavy atom. The molecule has 0 saturated carbocycles. The number of rotatable bonds is 5. The van der Waals surface area contributed by atoms with Gasteiger partial charge >= 0.3 is 0 Å². The summed E-state index contributed by atoms with van der Waals surface area (Å²) < 4.78 is 0.809. The minimum absolute atomic E-state index is 0.0776. The number of hydrogen-bond acceptors (Lipinski definition) is 3. The number of benzene rings is 1. The van der Waals surface area contributed by atoms with E-state index in [0.717, 1.165) is 10.0 Å². The minimum Gasteiger partial charge on any atom is -0.508 e. The zero-order chi connectivity index (χ0) is 14.4. The predicted molar refractivity (Wildman–Crippen MR) is 79.0 cm³/mol. The summed E-state index contributed by atoms with van der Waals surface area (Å²) >= 11 is 3.30. The highest BCUT2D eigenvalue weighted by atomic mass is 79.9. The van der Waals surface area contributed by atoms with Crippen LogP contribution in [0.5, 0.6) is 5.75 Å². The average Bonchev–Trinajstić information content (AvgIpc) is 2.31. The lowest BCUT2D eigenvalue weighted by molar-refractivity contribution is 0.177. The van der Waals surface area contributed by atoms with Crippen molar-refractivity contribution in [3.05, 3.63) is 45.6 Å². The summed E-state index contributed by atoms with van der Waals surface area (Å²) in [5.41, 5.74) is 4.44. The Labute approximate surface area is 122 Å². The van der Waals surface area contributed by atoms with Gasteiger partial charge < -0.3 is 15.3 Å². The normalized spacial score (nSPS) is 13.5. The van der Waals surface area contributed by atoms with E-state index in [9.17, 15) is 15.3 Å². The lowest BCUT2D eigenvalue weighted by Gasteiger charge is -2.10. The molecule has 0 heterocycles. The Hall–Kier alpha value is -1.06. The van der Waals surface area contributed by atoms with Gasteiger partial charge in [-0.25, -0.2) is 0 Å². The van der Waals surface area contributed by atoms with Crippen molar-refractivity contribution in [3.63, 3.8) is 0 Å². The largest absolute Gasteiger partial charge is 0.508 e. The summed E-state index contributed by atoms with van der Waals surface area (Å²) in [5, 5.41) is 28.9. The second-order valence-corrected chi connectivity index (χ2v) is 5.55. The first kappa shape index (κ1) is 16.0. The molecular formula is C15H19BrO3. The molecule has 0 aliphatic carbocycles.